The zero-order chi connectivity index (χ0) is 16.9. The molecule has 0 radical (unpaired) electrons. The Labute approximate surface area is 143 Å². The molecule has 2 amide bonds. The van der Waals surface area contributed by atoms with Gasteiger partial charge in [-0.25, -0.2) is 0 Å². The molecule has 2 N–H and O–H groups in total. The van der Waals surface area contributed by atoms with Gasteiger partial charge >= 0.3 is 0 Å². The Balaban J connectivity index is 1.49. The number of likely N-dealkylation sites (tertiary alicyclic amines) is 1. The van der Waals surface area contributed by atoms with E-state index in [0.29, 0.717) is 18.7 Å². The van der Waals surface area contributed by atoms with Gasteiger partial charge in [-0.05, 0) is 37.8 Å². The van der Waals surface area contributed by atoms with E-state index < -0.39 is 0 Å². The molecule has 0 bridgehead atoms. The number of aromatic hydroxyl groups is 1. The van der Waals surface area contributed by atoms with Crippen molar-refractivity contribution in [3.8, 4) is 5.75 Å². The lowest BCUT2D eigenvalue weighted by Gasteiger charge is -2.33. The largest absolute Gasteiger partial charge is 0.507 e. The third-order valence-corrected chi connectivity index (χ3v) is 5.24. The molecule has 1 saturated carbocycles. The maximum absolute atomic E-state index is 12.5. The summed E-state index contributed by atoms with van der Waals surface area (Å²) in [7, 11) is 0. The summed E-state index contributed by atoms with van der Waals surface area (Å²) in [6, 6.07) is 6.80. The van der Waals surface area contributed by atoms with Gasteiger partial charge in [0.25, 0.3) is 5.91 Å². The maximum Gasteiger partial charge on any atom is 0.257 e. The monoisotopic (exact) mass is 330 g/mol. The highest BCUT2D eigenvalue weighted by Crippen LogP contribution is 2.25. The van der Waals surface area contributed by atoms with E-state index >= 15 is 0 Å². The Morgan fingerprint density at radius 1 is 1.00 bits per heavy atom. The average molecular weight is 330 g/mol. The van der Waals surface area contributed by atoms with Crippen LogP contribution in [0.25, 0.3) is 0 Å². The number of nitrogens with zero attached hydrogens (tertiary/aromatic N) is 1. The fraction of sp³-hybridized carbons (Fsp3) is 0.579. The molecule has 24 heavy (non-hydrogen) atoms. The molecule has 1 aromatic carbocycles. The summed E-state index contributed by atoms with van der Waals surface area (Å²) in [6.07, 6.45) is 7.14. The highest BCUT2D eigenvalue weighted by molar-refractivity contribution is 5.96. The fourth-order valence-electron chi connectivity index (χ4n) is 3.74. The van der Waals surface area contributed by atoms with E-state index in [2.05, 4.69) is 5.32 Å². The summed E-state index contributed by atoms with van der Waals surface area (Å²) in [5.74, 6) is 0.264. The molecule has 1 aliphatic heterocycles. The molecule has 0 spiro atoms. The third-order valence-electron chi connectivity index (χ3n) is 5.24. The molecule has 1 aliphatic carbocycles. The first kappa shape index (κ1) is 16.8. The minimum atomic E-state index is -0.134. The number of phenolic OH excluding ortho intramolecular Hbond substituents is 1. The zero-order valence-corrected chi connectivity index (χ0v) is 14.0. The number of piperidine rings is 1. The number of hydrogen-bond donors (Lipinski definition) is 2. The van der Waals surface area contributed by atoms with Crippen molar-refractivity contribution in [2.75, 3.05) is 13.1 Å². The van der Waals surface area contributed by atoms with Gasteiger partial charge < -0.3 is 15.3 Å². The van der Waals surface area contributed by atoms with Crippen molar-refractivity contribution in [3.05, 3.63) is 29.8 Å². The summed E-state index contributed by atoms with van der Waals surface area (Å²) in [6.45, 7) is 1.23. The standard InChI is InChI=1S/C19H26N2O3/c22-17-9-5-4-8-16(17)19(24)21-12-10-15(11-13-21)20-18(23)14-6-2-1-3-7-14/h4-5,8-9,14-15,22H,1-3,6-7,10-13H2,(H,20,23). The van der Waals surface area contributed by atoms with E-state index in [1.165, 1.54) is 12.5 Å². The van der Waals surface area contributed by atoms with Crippen molar-refractivity contribution in [2.45, 2.75) is 51.0 Å². The van der Waals surface area contributed by atoms with Crippen molar-refractivity contribution in [2.24, 2.45) is 5.92 Å². The molecule has 5 heteroatoms. The molecule has 3 rings (SSSR count). The lowest BCUT2D eigenvalue weighted by Crippen LogP contribution is -2.48. The van der Waals surface area contributed by atoms with E-state index in [9.17, 15) is 14.7 Å². The lowest BCUT2D eigenvalue weighted by molar-refractivity contribution is -0.126. The van der Waals surface area contributed by atoms with Crippen molar-refractivity contribution in [1.29, 1.82) is 0 Å². The Hall–Kier alpha value is -2.04. The van der Waals surface area contributed by atoms with Gasteiger partial charge in [0.05, 0.1) is 5.56 Å². The predicted molar refractivity (Wildman–Crippen MR) is 91.8 cm³/mol. The van der Waals surface area contributed by atoms with Crippen molar-refractivity contribution in [1.82, 2.24) is 10.2 Å². The van der Waals surface area contributed by atoms with Gasteiger partial charge in [-0.1, -0.05) is 31.4 Å². The molecular formula is C19H26N2O3. The minimum Gasteiger partial charge on any atom is -0.507 e. The van der Waals surface area contributed by atoms with Gasteiger partial charge in [0.2, 0.25) is 5.91 Å². The molecule has 5 nitrogen and oxygen atoms in total. The number of para-hydroxylation sites is 1. The topological polar surface area (TPSA) is 69.6 Å². The van der Waals surface area contributed by atoms with Crippen LogP contribution in [0, 0.1) is 5.92 Å². The molecule has 1 heterocycles. The smallest absolute Gasteiger partial charge is 0.257 e. The highest BCUT2D eigenvalue weighted by Gasteiger charge is 2.28. The number of carbonyl (C=O) groups excluding carboxylic acids is 2. The quantitative estimate of drug-likeness (QED) is 0.895. The summed E-state index contributed by atoms with van der Waals surface area (Å²) < 4.78 is 0. The molecule has 0 unspecified atom stereocenters. The summed E-state index contributed by atoms with van der Waals surface area (Å²) in [5, 5.41) is 13.0. The van der Waals surface area contributed by atoms with Crippen LogP contribution in [0.15, 0.2) is 24.3 Å². The molecule has 1 aromatic rings. The number of nitrogens with one attached hydrogen (secondary N) is 1. The van der Waals surface area contributed by atoms with E-state index in [-0.39, 0.29) is 29.5 Å². The van der Waals surface area contributed by atoms with Crippen LogP contribution >= 0.6 is 0 Å². The summed E-state index contributed by atoms with van der Waals surface area (Å²) in [5.41, 5.74) is 0.349. The number of rotatable bonds is 3. The van der Waals surface area contributed by atoms with Crippen LogP contribution in [-0.4, -0.2) is 41.0 Å². The third kappa shape index (κ3) is 3.89. The first-order valence-electron chi connectivity index (χ1n) is 9.03. The van der Waals surface area contributed by atoms with Gasteiger partial charge in [0, 0.05) is 25.0 Å². The average Bonchev–Trinajstić information content (AvgIpc) is 2.63. The van der Waals surface area contributed by atoms with Crippen LogP contribution < -0.4 is 5.32 Å². The summed E-state index contributed by atoms with van der Waals surface area (Å²) in [4.78, 5) is 26.6. The Morgan fingerprint density at radius 3 is 2.33 bits per heavy atom. The predicted octanol–water partition coefficient (Wildman–Crippen LogP) is 2.69. The normalized spacial score (nSPS) is 19.9. The molecule has 0 aromatic heterocycles. The Bertz CT molecular complexity index is 588. The fourth-order valence-corrected chi connectivity index (χ4v) is 3.74. The van der Waals surface area contributed by atoms with Crippen LogP contribution in [0.4, 0.5) is 0 Å². The van der Waals surface area contributed by atoms with Crippen LogP contribution in [0.3, 0.4) is 0 Å². The van der Waals surface area contributed by atoms with E-state index in [4.69, 9.17) is 0 Å². The van der Waals surface area contributed by atoms with Gasteiger partial charge in [-0.3, -0.25) is 9.59 Å². The van der Waals surface area contributed by atoms with Crippen LogP contribution in [0.1, 0.15) is 55.3 Å². The first-order chi connectivity index (χ1) is 11.6. The zero-order valence-electron chi connectivity index (χ0n) is 14.0. The number of amides is 2. The van der Waals surface area contributed by atoms with Crippen molar-refractivity contribution < 1.29 is 14.7 Å². The number of phenols is 1. The first-order valence-corrected chi connectivity index (χ1v) is 9.03. The van der Waals surface area contributed by atoms with Gasteiger partial charge in [0.1, 0.15) is 5.75 Å². The summed E-state index contributed by atoms with van der Waals surface area (Å²) >= 11 is 0. The van der Waals surface area contributed by atoms with Crippen molar-refractivity contribution >= 4 is 11.8 Å². The van der Waals surface area contributed by atoms with Crippen LogP contribution in [-0.2, 0) is 4.79 Å². The molecule has 1 saturated heterocycles. The van der Waals surface area contributed by atoms with Crippen LogP contribution in [0.2, 0.25) is 0 Å². The molecule has 130 valence electrons. The van der Waals surface area contributed by atoms with Crippen LogP contribution in [0.5, 0.6) is 5.75 Å². The minimum absolute atomic E-state index is 0.0234. The Kier molecular flexibility index (Phi) is 5.38. The van der Waals surface area contributed by atoms with E-state index in [1.807, 2.05) is 0 Å². The van der Waals surface area contributed by atoms with E-state index in [0.717, 1.165) is 38.5 Å². The van der Waals surface area contributed by atoms with E-state index in [1.54, 1.807) is 23.1 Å². The molecular weight excluding hydrogens is 304 g/mol. The SMILES string of the molecule is O=C(NC1CCN(C(=O)c2ccccc2O)CC1)C1CCCCC1. The Morgan fingerprint density at radius 2 is 1.67 bits per heavy atom. The second-order valence-electron chi connectivity index (χ2n) is 6.93. The second kappa shape index (κ2) is 7.69. The van der Waals surface area contributed by atoms with Gasteiger partial charge in [-0.2, -0.15) is 0 Å². The van der Waals surface area contributed by atoms with Crippen molar-refractivity contribution in [3.63, 3.8) is 0 Å². The van der Waals surface area contributed by atoms with Gasteiger partial charge in [-0.15, -0.1) is 0 Å². The molecule has 0 atom stereocenters. The van der Waals surface area contributed by atoms with Gasteiger partial charge in [0.15, 0.2) is 0 Å². The number of carbonyl (C=O) groups is 2. The lowest BCUT2D eigenvalue weighted by atomic mass is 9.88. The number of hydrogen-bond acceptors (Lipinski definition) is 3. The molecule has 2 fully saturated rings. The number of benzene rings is 1. The maximum atomic E-state index is 12.5. The second-order valence-corrected chi connectivity index (χ2v) is 6.93. The molecule has 2 aliphatic rings. The highest BCUT2D eigenvalue weighted by atomic mass is 16.3.